The highest BCUT2D eigenvalue weighted by molar-refractivity contribution is 6.36. The largest absolute Gasteiger partial charge is 0.493 e. The number of aromatic nitrogens is 2. The minimum absolute atomic E-state index is 0.216. The highest BCUT2D eigenvalue weighted by Gasteiger charge is 2.34. The monoisotopic (exact) mass is 417 g/mol. The minimum atomic E-state index is 0.216. The molecule has 0 fully saturated rings. The van der Waals surface area contributed by atoms with Crippen molar-refractivity contribution in [3.63, 3.8) is 0 Å². The summed E-state index contributed by atoms with van der Waals surface area (Å²) in [7, 11) is 3.30. The van der Waals surface area contributed by atoms with Gasteiger partial charge in [-0.3, -0.25) is 5.10 Å². The Labute approximate surface area is 174 Å². The molecule has 1 aliphatic rings. The van der Waals surface area contributed by atoms with Crippen molar-refractivity contribution in [2.75, 3.05) is 19.5 Å². The van der Waals surface area contributed by atoms with Crippen LogP contribution >= 0.6 is 23.2 Å². The number of aromatic amines is 1. The molecule has 5 nitrogen and oxygen atoms in total. The summed E-state index contributed by atoms with van der Waals surface area (Å²) in [6.07, 6.45) is 0.941. The Morgan fingerprint density at radius 1 is 1.11 bits per heavy atom. The number of ether oxygens (including phenoxy) is 2. The normalized spacial score (nSPS) is 14.5. The van der Waals surface area contributed by atoms with E-state index in [9.17, 15) is 0 Å². The number of H-pyrrole nitrogens is 1. The molecule has 1 atom stereocenters. The standard InChI is InChI=1S/C21H21Cl2N3O2/c1-4-11-12-8-17(27-2)18(28-3)9-13(12)20-19(11)21(26-25-20)24-10-14-15(22)6-5-7-16(14)23/h5-9,11H,4,10H2,1-3H3,(H2,24,25,26)/t11-/m0/s1. The smallest absolute Gasteiger partial charge is 0.161 e. The molecule has 1 heterocycles. The summed E-state index contributed by atoms with van der Waals surface area (Å²) < 4.78 is 11.0. The summed E-state index contributed by atoms with van der Waals surface area (Å²) in [4.78, 5) is 0. The van der Waals surface area contributed by atoms with Gasteiger partial charge >= 0.3 is 0 Å². The number of methoxy groups -OCH3 is 2. The number of anilines is 1. The van der Waals surface area contributed by atoms with Crippen molar-refractivity contribution in [3.05, 3.63) is 57.1 Å². The Kier molecular flexibility index (Phi) is 5.13. The molecule has 1 aliphatic carbocycles. The topological polar surface area (TPSA) is 59.2 Å². The predicted molar refractivity (Wildman–Crippen MR) is 113 cm³/mol. The third-order valence-electron chi connectivity index (χ3n) is 5.26. The molecule has 1 aromatic heterocycles. The van der Waals surface area contributed by atoms with E-state index in [1.54, 1.807) is 14.2 Å². The van der Waals surface area contributed by atoms with Crippen LogP contribution in [0.2, 0.25) is 10.0 Å². The molecule has 4 rings (SSSR count). The lowest BCUT2D eigenvalue weighted by Crippen LogP contribution is -2.05. The maximum atomic E-state index is 6.30. The summed E-state index contributed by atoms with van der Waals surface area (Å²) in [5.41, 5.74) is 5.32. The van der Waals surface area contributed by atoms with Gasteiger partial charge in [0.25, 0.3) is 0 Å². The van der Waals surface area contributed by atoms with Crippen LogP contribution in [0.25, 0.3) is 11.3 Å². The maximum absolute atomic E-state index is 6.30. The van der Waals surface area contributed by atoms with Crippen LogP contribution in [0, 0.1) is 0 Å². The molecule has 28 heavy (non-hydrogen) atoms. The van der Waals surface area contributed by atoms with Gasteiger partial charge in [0.05, 0.1) is 19.9 Å². The number of rotatable bonds is 6. The van der Waals surface area contributed by atoms with Gasteiger partial charge in [0.1, 0.15) is 0 Å². The van der Waals surface area contributed by atoms with Crippen LogP contribution in [0.3, 0.4) is 0 Å². The van der Waals surface area contributed by atoms with Gasteiger partial charge in [0.15, 0.2) is 17.3 Å². The van der Waals surface area contributed by atoms with Crippen molar-refractivity contribution in [1.29, 1.82) is 0 Å². The van der Waals surface area contributed by atoms with E-state index in [1.165, 1.54) is 5.56 Å². The third-order valence-corrected chi connectivity index (χ3v) is 5.96. The van der Waals surface area contributed by atoms with Crippen molar-refractivity contribution in [3.8, 4) is 22.8 Å². The zero-order chi connectivity index (χ0) is 19.8. The van der Waals surface area contributed by atoms with Crippen molar-refractivity contribution in [1.82, 2.24) is 10.2 Å². The molecule has 0 saturated carbocycles. The zero-order valence-electron chi connectivity index (χ0n) is 15.9. The molecule has 0 amide bonds. The first-order chi connectivity index (χ1) is 13.6. The number of fused-ring (bicyclic) bond motifs is 3. The quantitative estimate of drug-likeness (QED) is 0.526. The van der Waals surface area contributed by atoms with E-state index in [0.717, 1.165) is 40.4 Å². The second-order valence-corrected chi connectivity index (χ2v) is 7.48. The Morgan fingerprint density at radius 3 is 2.43 bits per heavy atom. The summed E-state index contributed by atoms with van der Waals surface area (Å²) in [5.74, 6) is 2.46. The molecule has 0 bridgehead atoms. The van der Waals surface area contributed by atoms with E-state index >= 15 is 0 Å². The highest BCUT2D eigenvalue weighted by atomic mass is 35.5. The summed E-state index contributed by atoms with van der Waals surface area (Å²) in [6, 6.07) is 9.58. The van der Waals surface area contributed by atoms with Crippen LogP contribution in [0.4, 0.5) is 5.82 Å². The van der Waals surface area contributed by atoms with Gasteiger partial charge in [-0.05, 0) is 36.2 Å². The fraction of sp³-hybridized carbons (Fsp3) is 0.286. The second kappa shape index (κ2) is 7.57. The molecule has 2 aromatic carbocycles. The molecule has 0 radical (unpaired) electrons. The Bertz CT molecular complexity index is 1010. The Morgan fingerprint density at radius 2 is 1.79 bits per heavy atom. The number of nitrogens with zero attached hydrogens (tertiary/aromatic N) is 1. The minimum Gasteiger partial charge on any atom is -0.493 e. The van der Waals surface area contributed by atoms with Crippen LogP contribution in [0.15, 0.2) is 30.3 Å². The predicted octanol–water partition coefficient (Wildman–Crippen LogP) is 5.87. The fourth-order valence-electron chi connectivity index (χ4n) is 3.88. The molecule has 0 saturated heterocycles. The molecule has 7 heteroatoms. The summed E-state index contributed by atoms with van der Waals surface area (Å²) >= 11 is 12.6. The number of hydrogen-bond acceptors (Lipinski definition) is 4. The van der Waals surface area contributed by atoms with Crippen molar-refractivity contribution >= 4 is 29.0 Å². The first-order valence-electron chi connectivity index (χ1n) is 9.10. The van der Waals surface area contributed by atoms with E-state index in [0.29, 0.717) is 22.3 Å². The lowest BCUT2D eigenvalue weighted by Gasteiger charge is -2.15. The third kappa shape index (κ3) is 2.99. The van der Waals surface area contributed by atoms with E-state index in [2.05, 4.69) is 28.5 Å². The number of halogens is 2. The second-order valence-electron chi connectivity index (χ2n) is 6.67. The van der Waals surface area contributed by atoms with E-state index < -0.39 is 0 Å². The molecule has 3 aromatic rings. The Balaban J connectivity index is 1.71. The van der Waals surface area contributed by atoms with E-state index in [-0.39, 0.29) is 5.92 Å². The summed E-state index contributed by atoms with van der Waals surface area (Å²) in [5, 5.41) is 12.4. The van der Waals surface area contributed by atoms with E-state index in [4.69, 9.17) is 32.7 Å². The van der Waals surface area contributed by atoms with Crippen LogP contribution in [-0.2, 0) is 6.54 Å². The SMILES string of the molecule is CC[C@H]1c2cc(OC)c(OC)cc2-c2[nH]nc(NCc3c(Cl)cccc3Cl)c21. The van der Waals surface area contributed by atoms with Crippen molar-refractivity contribution in [2.45, 2.75) is 25.8 Å². The molecule has 0 spiro atoms. The van der Waals surface area contributed by atoms with Gasteiger partial charge in [-0.1, -0.05) is 36.2 Å². The lowest BCUT2D eigenvalue weighted by atomic mass is 9.94. The van der Waals surface area contributed by atoms with Crippen LogP contribution in [0.1, 0.15) is 36.0 Å². The number of nitrogens with one attached hydrogen (secondary N) is 2. The van der Waals surface area contributed by atoms with Gasteiger partial charge in [-0.15, -0.1) is 0 Å². The van der Waals surface area contributed by atoms with Gasteiger partial charge in [0, 0.05) is 39.2 Å². The van der Waals surface area contributed by atoms with E-state index in [1.807, 2.05) is 24.3 Å². The maximum Gasteiger partial charge on any atom is 0.161 e. The van der Waals surface area contributed by atoms with Crippen molar-refractivity contribution in [2.24, 2.45) is 0 Å². The van der Waals surface area contributed by atoms with Gasteiger partial charge in [-0.25, -0.2) is 0 Å². The van der Waals surface area contributed by atoms with Crippen LogP contribution in [0.5, 0.6) is 11.5 Å². The number of hydrogen-bond donors (Lipinski definition) is 2. The molecule has 146 valence electrons. The van der Waals surface area contributed by atoms with Gasteiger partial charge in [0.2, 0.25) is 0 Å². The van der Waals surface area contributed by atoms with Crippen LogP contribution in [-0.4, -0.2) is 24.4 Å². The molecule has 0 aliphatic heterocycles. The lowest BCUT2D eigenvalue weighted by molar-refractivity contribution is 0.354. The van der Waals surface area contributed by atoms with Gasteiger partial charge in [-0.2, -0.15) is 5.10 Å². The fourth-order valence-corrected chi connectivity index (χ4v) is 4.41. The molecule has 0 unspecified atom stereocenters. The summed E-state index contributed by atoms with van der Waals surface area (Å²) in [6.45, 7) is 2.66. The molecular formula is C21H21Cl2N3O2. The number of benzene rings is 2. The highest BCUT2D eigenvalue weighted by Crippen LogP contribution is 2.51. The average Bonchev–Trinajstić information content (AvgIpc) is 3.24. The average molecular weight is 418 g/mol. The first-order valence-corrected chi connectivity index (χ1v) is 9.85. The molecule has 2 N–H and O–H groups in total. The first kappa shape index (κ1) is 19.0. The zero-order valence-corrected chi connectivity index (χ0v) is 17.4. The Hall–Kier alpha value is -2.37. The molecular weight excluding hydrogens is 397 g/mol. The van der Waals surface area contributed by atoms with Gasteiger partial charge < -0.3 is 14.8 Å². The van der Waals surface area contributed by atoms with Crippen molar-refractivity contribution < 1.29 is 9.47 Å². The van der Waals surface area contributed by atoms with Crippen LogP contribution < -0.4 is 14.8 Å².